The van der Waals surface area contributed by atoms with Gasteiger partial charge < -0.3 is 10.4 Å². The topological polar surface area (TPSA) is 66.4 Å². The molecular formula is C13H13ClFNO3. The van der Waals surface area contributed by atoms with Crippen LogP contribution in [0.15, 0.2) is 18.2 Å². The highest BCUT2D eigenvalue weighted by Gasteiger charge is 2.33. The second-order valence-electron chi connectivity index (χ2n) is 4.66. The Morgan fingerprint density at radius 3 is 2.58 bits per heavy atom. The molecule has 19 heavy (non-hydrogen) atoms. The molecule has 2 N–H and O–H groups in total. The first kappa shape index (κ1) is 13.8. The van der Waals surface area contributed by atoms with Crippen molar-refractivity contribution in [3.8, 4) is 0 Å². The van der Waals surface area contributed by atoms with Gasteiger partial charge in [0.05, 0.1) is 10.9 Å². The van der Waals surface area contributed by atoms with Gasteiger partial charge in [-0.25, -0.2) is 4.39 Å². The van der Waals surface area contributed by atoms with Crippen LogP contribution in [0.4, 0.5) is 10.1 Å². The summed E-state index contributed by atoms with van der Waals surface area (Å²) in [6.07, 6.45) is 1.41. The molecule has 0 unspecified atom stereocenters. The van der Waals surface area contributed by atoms with Crippen LogP contribution in [0.5, 0.6) is 0 Å². The number of carbonyl (C=O) groups is 2. The molecule has 4 nitrogen and oxygen atoms in total. The van der Waals surface area contributed by atoms with E-state index in [0.29, 0.717) is 24.9 Å². The maximum absolute atomic E-state index is 13.0. The molecule has 2 atom stereocenters. The van der Waals surface area contributed by atoms with E-state index in [-0.39, 0.29) is 16.8 Å². The van der Waals surface area contributed by atoms with Crippen molar-refractivity contribution in [2.45, 2.75) is 19.3 Å². The molecule has 0 aliphatic heterocycles. The van der Waals surface area contributed by atoms with Gasteiger partial charge in [0.15, 0.2) is 0 Å². The largest absolute Gasteiger partial charge is 0.481 e. The smallest absolute Gasteiger partial charge is 0.306 e. The summed E-state index contributed by atoms with van der Waals surface area (Å²) in [5.74, 6) is -2.42. The molecule has 102 valence electrons. The van der Waals surface area contributed by atoms with E-state index in [0.717, 1.165) is 0 Å². The molecule has 1 aliphatic carbocycles. The zero-order valence-electron chi connectivity index (χ0n) is 10.0. The SMILES string of the molecule is O=C(O)[C@H]1CC[C@@H](C(=O)Nc2ccc(F)c(Cl)c2)C1. The van der Waals surface area contributed by atoms with Gasteiger partial charge in [-0.15, -0.1) is 0 Å². The minimum atomic E-state index is -0.861. The van der Waals surface area contributed by atoms with E-state index in [9.17, 15) is 14.0 Å². The molecule has 0 spiro atoms. The van der Waals surface area contributed by atoms with Gasteiger partial charge in [-0.05, 0) is 37.5 Å². The minimum Gasteiger partial charge on any atom is -0.481 e. The van der Waals surface area contributed by atoms with Crippen molar-refractivity contribution in [1.29, 1.82) is 0 Å². The number of amides is 1. The monoisotopic (exact) mass is 285 g/mol. The first-order valence-electron chi connectivity index (χ1n) is 5.96. The normalized spacial score (nSPS) is 22.2. The molecule has 6 heteroatoms. The Morgan fingerprint density at radius 1 is 1.32 bits per heavy atom. The van der Waals surface area contributed by atoms with Crippen molar-refractivity contribution in [2.24, 2.45) is 11.8 Å². The third-order valence-corrected chi connectivity index (χ3v) is 3.63. The average Bonchev–Trinajstić information content (AvgIpc) is 2.83. The quantitative estimate of drug-likeness (QED) is 0.897. The molecule has 1 amide bonds. The minimum absolute atomic E-state index is 0.0624. The van der Waals surface area contributed by atoms with Gasteiger partial charge in [-0.1, -0.05) is 11.6 Å². The molecule has 1 aliphatic rings. The third-order valence-electron chi connectivity index (χ3n) is 3.34. The van der Waals surface area contributed by atoms with Crippen molar-refractivity contribution in [1.82, 2.24) is 0 Å². The zero-order chi connectivity index (χ0) is 14.0. The maximum atomic E-state index is 13.0. The predicted molar refractivity (Wildman–Crippen MR) is 68.5 cm³/mol. The number of nitrogens with one attached hydrogen (secondary N) is 1. The van der Waals surface area contributed by atoms with E-state index in [1.54, 1.807) is 0 Å². The zero-order valence-corrected chi connectivity index (χ0v) is 10.8. The van der Waals surface area contributed by atoms with E-state index in [2.05, 4.69) is 5.32 Å². The summed E-state index contributed by atoms with van der Waals surface area (Å²) in [7, 11) is 0. The van der Waals surface area contributed by atoms with Gasteiger partial charge >= 0.3 is 5.97 Å². The van der Waals surface area contributed by atoms with Crippen LogP contribution in [0.3, 0.4) is 0 Å². The van der Waals surface area contributed by atoms with Crippen molar-refractivity contribution in [3.05, 3.63) is 29.0 Å². The highest BCUT2D eigenvalue weighted by molar-refractivity contribution is 6.31. The Bertz CT molecular complexity index is 521. The number of rotatable bonds is 3. The van der Waals surface area contributed by atoms with Crippen LogP contribution < -0.4 is 5.32 Å². The molecule has 1 fully saturated rings. The van der Waals surface area contributed by atoms with Crippen molar-refractivity contribution >= 4 is 29.2 Å². The summed E-state index contributed by atoms with van der Waals surface area (Å²) in [5.41, 5.74) is 0.412. The number of hydrogen-bond donors (Lipinski definition) is 2. The average molecular weight is 286 g/mol. The van der Waals surface area contributed by atoms with E-state index in [1.165, 1.54) is 18.2 Å². The number of benzene rings is 1. The van der Waals surface area contributed by atoms with E-state index < -0.39 is 17.7 Å². The number of anilines is 1. The van der Waals surface area contributed by atoms with Crippen LogP contribution in [0.1, 0.15) is 19.3 Å². The van der Waals surface area contributed by atoms with E-state index in [1.807, 2.05) is 0 Å². The van der Waals surface area contributed by atoms with Crippen LogP contribution in [-0.4, -0.2) is 17.0 Å². The number of hydrogen-bond acceptors (Lipinski definition) is 2. The van der Waals surface area contributed by atoms with Crippen molar-refractivity contribution < 1.29 is 19.1 Å². The van der Waals surface area contributed by atoms with Gasteiger partial charge in [0.1, 0.15) is 5.82 Å². The summed E-state index contributed by atoms with van der Waals surface area (Å²) in [5, 5.41) is 11.4. The number of carboxylic acid groups (broad SMARTS) is 1. The van der Waals surface area contributed by atoms with Crippen LogP contribution >= 0.6 is 11.6 Å². The highest BCUT2D eigenvalue weighted by atomic mass is 35.5. The fourth-order valence-electron chi connectivity index (χ4n) is 2.26. The lowest BCUT2D eigenvalue weighted by atomic mass is 10.0. The molecule has 2 rings (SSSR count). The molecule has 0 saturated heterocycles. The maximum Gasteiger partial charge on any atom is 0.306 e. The Hall–Kier alpha value is -1.62. The molecular weight excluding hydrogens is 273 g/mol. The van der Waals surface area contributed by atoms with E-state index in [4.69, 9.17) is 16.7 Å². The molecule has 1 saturated carbocycles. The lowest BCUT2D eigenvalue weighted by molar-refractivity contribution is -0.141. The Balaban J connectivity index is 1.98. The Kier molecular flexibility index (Phi) is 4.04. The Labute approximate surface area is 114 Å². The molecule has 0 radical (unpaired) electrons. The summed E-state index contributed by atoms with van der Waals surface area (Å²) < 4.78 is 13.0. The van der Waals surface area contributed by atoms with Crippen LogP contribution in [0, 0.1) is 17.7 Å². The third kappa shape index (κ3) is 3.23. The number of carboxylic acids is 1. The highest BCUT2D eigenvalue weighted by Crippen LogP contribution is 2.32. The van der Waals surface area contributed by atoms with Crippen molar-refractivity contribution in [3.63, 3.8) is 0 Å². The molecule has 0 bridgehead atoms. The fourth-order valence-corrected chi connectivity index (χ4v) is 2.44. The predicted octanol–water partition coefficient (Wildman–Crippen LogP) is 2.92. The standard InChI is InChI=1S/C13H13ClFNO3/c14-10-6-9(3-4-11(10)15)16-12(17)7-1-2-8(5-7)13(18)19/h3-4,6-8H,1-2,5H2,(H,16,17)(H,18,19)/t7-,8+/m1/s1. The number of halogens is 2. The van der Waals surface area contributed by atoms with Crippen LogP contribution in [-0.2, 0) is 9.59 Å². The molecule has 0 aromatic heterocycles. The van der Waals surface area contributed by atoms with E-state index >= 15 is 0 Å². The lowest BCUT2D eigenvalue weighted by Gasteiger charge is -2.11. The number of carbonyl (C=O) groups excluding carboxylic acids is 1. The second-order valence-corrected chi connectivity index (χ2v) is 5.07. The van der Waals surface area contributed by atoms with Crippen LogP contribution in [0.2, 0.25) is 5.02 Å². The van der Waals surface area contributed by atoms with Gasteiger partial charge in [0.25, 0.3) is 0 Å². The summed E-state index contributed by atoms with van der Waals surface area (Å²) in [6.45, 7) is 0. The summed E-state index contributed by atoms with van der Waals surface area (Å²) in [6, 6.07) is 3.92. The lowest BCUT2D eigenvalue weighted by Crippen LogP contribution is -2.21. The Morgan fingerprint density at radius 2 is 2.00 bits per heavy atom. The van der Waals surface area contributed by atoms with Gasteiger partial charge in [-0.2, -0.15) is 0 Å². The molecule has 1 aromatic rings. The number of aliphatic carboxylic acids is 1. The fraction of sp³-hybridized carbons (Fsp3) is 0.385. The molecule has 1 aromatic carbocycles. The first-order valence-corrected chi connectivity index (χ1v) is 6.34. The van der Waals surface area contributed by atoms with Gasteiger partial charge in [0.2, 0.25) is 5.91 Å². The first-order chi connectivity index (χ1) is 8.97. The van der Waals surface area contributed by atoms with Gasteiger partial charge in [0, 0.05) is 11.6 Å². The summed E-state index contributed by atoms with van der Waals surface area (Å²) >= 11 is 5.62. The summed E-state index contributed by atoms with van der Waals surface area (Å²) in [4.78, 5) is 22.8. The van der Waals surface area contributed by atoms with Crippen molar-refractivity contribution in [2.75, 3.05) is 5.32 Å². The second kappa shape index (κ2) is 5.57. The molecule has 0 heterocycles. The van der Waals surface area contributed by atoms with Crippen LogP contribution in [0.25, 0.3) is 0 Å². The van der Waals surface area contributed by atoms with Gasteiger partial charge in [-0.3, -0.25) is 9.59 Å².